The second-order valence-electron chi connectivity index (χ2n) is 21.5. The first-order valence-corrected chi connectivity index (χ1v) is 22.9. The summed E-state index contributed by atoms with van der Waals surface area (Å²) < 4.78 is 6.17. The number of aliphatic hydroxyl groups is 3. The van der Waals surface area contributed by atoms with Crippen LogP contribution in [-0.2, 0) is 23.9 Å². The molecule has 0 aliphatic heterocycles. The number of hydrogen-bond acceptors (Lipinski definition) is 8. The van der Waals surface area contributed by atoms with E-state index in [9.17, 15) is 34.5 Å². The molecule has 9 aliphatic rings. The van der Waals surface area contributed by atoms with Crippen LogP contribution in [0.5, 0.6) is 0 Å². The predicted octanol–water partition coefficient (Wildman–Crippen LogP) is 8.20. The molecule has 0 heterocycles. The molecule has 0 aromatic carbocycles. The van der Waals surface area contributed by atoms with E-state index in [2.05, 4.69) is 27.7 Å². The van der Waals surface area contributed by atoms with Gasteiger partial charge in [-0.3, -0.25) is 19.2 Å². The van der Waals surface area contributed by atoms with Gasteiger partial charge in [0.15, 0.2) is 17.3 Å². The SMILES string of the molecule is C[C@H]1C[C@@H]2[C@H]([C@@H](O)C[C@@]3(C)[C@H]2CC[C@]3(O)C(=O)CO)[C@@]2(C)C=CC(=O)C=C12.C[C@]12CC[C@H]3[C@@H](CCC4=CC(=O)CC[C@@]43C)[C@@H]1CC[C@@H]2OC(=O)CCC1CCCC1. The minimum Gasteiger partial charge on any atom is -0.462 e. The normalized spacial score (nSPS) is 47.2. The Morgan fingerprint density at radius 2 is 1.60 bits per heavy atom. The van der Waals surface area contributed by atoms with Crippen LogP contribution < -0.4 is 0 Å². The van der Waals surface area contributed by atoms with Gasteiger partial charge in [0.25, 0.3) is 0 Å². The molecule has 57 heavy (non-hydrogen) atoms. The van der Waals surface area contributed by atoms with Crippen molar-refractivity contribution in [2.24, 2.45) is 69.0 Å². The molecule has 0 bridgehead atoms. The zero-order valence-corrected chi connectivity index (χ0v) is 35.4. The number of carbonyl (C=O) groups is 4. The highest BCUT2D eigenvalue weighted by Gasteiger charge is 2.68. The maximum atomic E-state index is 12.7. The molecule has 3 N–H and O–H groups in total. The maximum absolute atomic E-state index is 12.7. The van der Waals surface area contributed by atoms with E-state index in [1.54, 1.807) is 12.2 Å². The average Bonchev–Trinajstić information content (AvgIpc) is 3.88. The van der Waals surface area contributed by atoms with Crippen LogP contribution >= 0.6 is 0 Å². The molecule has 9 aliphatic carbocycles. The van der Waals surface area contributed by atoms with Gasteiger partial charge < -0.3 is 20.1 Å². The first-order valence-electron chi connectivity index (χ1n) is 22.9. The van der Waals surface area contributed by atoms with E-state index >= 15 is 0 Å². The summed E-state index contributed by atoms with van der Waals surface area (Å²) in [6, 6.07) is 0. The van der Waals surface area contributed by atoms with Crippen molar-refractivity contribution >= 4 is 23.3 Å². The van der Waals surface area contributed by atoms with Gasteiger partial charge in [0.05, 0.1) is 6.10 Å². The summed E-state index contributed by atoms with van der Waals surface area (Å²) in [6.45, 7) is 10.4. The van der Waals surface area contributed by atoms with Crippen molar-refractivity contribution in [1.29, 1.82) is 0 Å². The van der Waals surface area contributed by atoms with Gasteiger partial charge in [0.1, 0.15) is 18.3 Å². The number of allylic oxidation sites excluding steroid dienone is 5. The molecular formula is C49H70O8. The fraction of sp³-hybridized carbons (Fsp3) is 0.796. The third-order valence-corrected chi connectivity index (χ3v) is 19.0. The number of Topliss-reactive ketones (excluding diaryl/α,β-unsaturated/α-hetero) is 1. The molecule has 0 amide bonds. The lowest BCUT2D eigenvalue weighted by Crippen LogP contribution is -2.62. The quantitative estimate of drug-likeness (QED) is 0.229. The van der Waals surface area contributed by atoms with Crippen molar-refractivity contribution in [3.8, 4) is 0 Å². The number of fused-ring (bicyclic) bond motifs is 10. The van der Waals surface area contributed by atoms with Gasteiger partial charge in [-0.2, -0.15) is 0 Å². The number of ether oxygens (including phenoxy) is 1. The Morgan fingerprint density at radius 1 is 0.860 bits per heavy atom. The predicted molar refractivity (Wildman–Crippen MR) is 217 cm³/mol. The second-order valence-corrected chi connectivity index (χ2v) is 21.5. The van der Waals surface area contributed by atoms with Gasteiger partial charge in [-0.1, -0.05) is 77.5 Å². The highest BCUT2D eigenvalue weighted by molar-refractivity contribution is 6.01. The average molecular weight is 787 g/mol. The Balaban J connectivity index is 0.000000161. The third kappa shape index (κ3) is 6.55. The molecular weight excluding hydrogens is 717 g/mol. The number of carbonyl (C=O) groups excluding carboxylic acids is 4. The molecule has 7 fully saturated rings. The zero-order chi connectivity index (χ0) is 40.7. The van der Waals surface area contributed by atoms with Crippen LogP contribution in [0.3, 0.4) is 0 Å². The lowest BCUT2D eigenvalue weighted by Gasteiger charge is -2.60. The van der Waals surface area contributed by atoms with Crippen LogP contribution in [-0.4, -0.2) is 63.1 Å². The van der Waals surface area contributed by atoms with E-state index in [-0.39, 0.29) is 57.8 Å². The van der Waals surface area contributed by atoms with E-state index < -0.39 is 29.5 Å². The maximum Gasteiger partial charge on any atom is 0.306 e. The molecule has 0 radical (unpaired) electrons. The highest BCUT2D eigenvalue weighted by atomic mass is 16.5. The Kier molecular flexibility index (Phi) is 10.8. The fourth-order valence-corrected chi connectivity index (χ4v) is 15.9. The summed E-state index contributed by atoms with van der Waals surface area (Å²) in [7, 11) is 0. The van der Waals surface area contributed by atoms with Crippen molar-refractivity contribution in [3.63, 3.8) is 0 Å². The minimum atomic E-state index is -1.57. The molecule has 0 saturated heterocycles. The largest absolute Gasteiger partial charge is 0.462 e. The van der Waals surface area contributed by atoms with Gasteiger partial charge in [-0.05, 0) is 142 Å². The number of ketones is 3. The number of rotatable bonds is 6. The van der Waals surface area contributed by atoms with Gasteiger partial charge in [0.2, 0.25) is 0 Å². The number of esters is 1. The monoisotopic (exact) mass is 787 g/mol. The fourth-order valence-electron chi connectivity index (χ4n) is 15.9. The first-order chi connectivity index (χ1) is 27.0. The van der Waals surface area contributed by atoms with Gasteiger partial charge >= 0.3 is 5.97 Å². The summed E-state index contributed by atoms with van der Waals surface area (Å²) >= 11 is 0. The van der Waals surface area contributed by atoms with E-state index in [0.29, 0.717) is 36.9 Å². The van der Waals surface area contributed by atoms with Crippen LogP contribution in [0.1, 0.15) is 150 Å². The molecule has 0 aromatic heterocycles. The lowest BCUT2D eigenvalue weighted by atomic mass is 9.45. The van der Waals surface area contributed by atoms with E-state index in [4.69, 9.17) is 4.74 Å². The van der Waals surface area contributed by atoms with Crippen LogP contribution in [0.2, 0.25) is 0 Å². The van der Waals surface area contributed by atoms with Crippen molar-refractivity contribution in [3.05, 3.63) is 35.5 Å². The van der Waals surface area contributed by atoms with E-state index in [1.165, 1.54) is 56.9 Å². The second kappa shape index (κ2) is 14.9. The third-order valence-electron chi connectivity index (χ3n) is 19.0. The summed E-state index contributed by atoms with van der Waals surface area (Å²) in [5.41, 5.74) is 0.241. The number of aliphatic hydroxyl groups excluding tert-OH is 2. The lowest BCUT2D eigenvalue weighted by molar-refractivity contribution is -0.180. The molecule has 9 rings (SSSR count). The van der Waals surface area contributed by atoms with E-state index in [0.717, 1.165) is 62.4 Å². The summed E-state index contributed by atoms with van der Waals surface area (Å²) in [5, 5.41) is 31.9. The van der Waals surface area contributed by atoms with Gasteiger partial charge in [-0.25, -0.2) is 0 Å². The molecule has 8 heteroatoms. The van der Waals surface area contributed by atoms with Crippen molar-refractivity contribution in [1.82, 2.24) is 0 Å². The number of hydrogen-bond donors (Lipinski definition) is 3. The molecule has 14 atom stereocenters. The Morgan fingerprint density at radius 3 is 2.33 bits per heavy atom. The highest BCUT2D eigenvalue weighted by Crippen LogP contribution is 2.68. The molecule has 0 spiro atoms. The first kappa shape index (κ1) is 41.3. The van der Waals surface area contributed by atoms with Crippen molar-refractivity contribution in [2.45, 2.75) is 168 Å². The summed E-state index contributed by atoms with van der Waals surface area (Å²) in [5.74, 6) is 3.20. The van der Waals surface area contributed by atoms with Crippen LogP contribution in [0.15, 0.2) is 35.5 Å². The Labute approximate surface area is 340 Å². The topological polar surface area (TPSA) is 138 Å². The Bertz CT molecular complexity index is 1740. The molecule has 7 saturated carbocycles. The summed E-state index contributed by atoms with van der Waals surface area (Å²) in [4.78, 5) is 49.0. The standard InChI is InChI=1S/C27H40O3.C22H30O5/c1-26-15-13-20(28)17-19(26)8-9-21-22-10-11-24(27(22,2)16-14-23(21)26)30-25(29)12-7-18-5-3-4-6-18;1-12-8-14-15-5-7-22(27,18(26)11-23)21(15,3)10-17(25)19(14)20(2)6-4-13(24)9-16(12)20/h17-18,21-24H,3-16H2,1-2H3;4,6,9,12,14-15,17,19,23,25,27H,5,7-8,10-11H2,1-3H3/t21-,22-,23-,24-,26-,27-;12-,14-,15-,17-,19+,20-,21-,22-/m00/s1. The molecule has 314 valence electrons. The minimum absolute atomic E-state index is 0.00620. The van der Waals surface area contributed by atoms with Crippen LogP contribution in [0, 0.1) is 69.0 Å². The van der Waals surface area contributed by atoms with Crippen LogP contribution in [0.4, 0.5) is 0 Å². The summed E-state index contributed by atoms with van der Waals surface area (Å²) in [6.07, 6.45) is 24.7. The molecule has 8 nitrogen and oxygen atoms in total. The van der Waals surface area contributed by atoms with Crippen molar-refractivity contribution in [2.75, 3.05) is 6.61 Å². The van der Waals surface area contributed by atoms with Gasteiger partial charge in [-0.15, -0.1) is 0 Å². The molecule has 0 unspecified atom stereocenters. The van der Waals surface area contributed by atoms with Crippen LogP contribution in [0.25, 0.3) is 0 Å². The van der Waals surface area contributed by atoms with E-state index in [1.807, 2.05) is 19.1 Å². The molecule has 0 aromatic rings. The van der Waals surface area contributed by atoms with Crippen molar-refractivity contribution < 1.29 is 39.2 Å². The zero-order valence-electron chi connectivity index (χ0n) is 35.4. The Hall–Kier alpha value is -2.42. The smallest absolute Gasteiger partial charge is 0.306 e. The van der Waals surface area contributed by atoms with Gasteiger partial charge in [0, 0.05) is 35.0 Å².